The fourth-order valence-corrected chi connectivity index (χ4v) is 2.44. The van der Waals surface area contributed by atoms with E-state index in [9.17, 15) is 4.79 Å². The summed E-state index contributed by atoms with van der Waals surface area (Å²) in [7, 11) is 0. The van der Waals surface area contributed by atoms with Crippen LogP contribution in [0.4, 0.5) is 0 Å². The zero-order valence-corrected chi connectivity index (χ0v) is 9.90. The highest BCUT2D eigenvalue weighted by Crippen LogP contribution is 2.32. The molecule has 1 rings (SSSR count). The van der Waals surface area contributed by atoms with Crippen molar-refractivity contribution in [2.24, 2.45) is 17.6 Å². The standard InChI is InChI=1S/C13H22N2O/c1-3-8-15(9-4-2)13(16)12-7-5-6-11(12)10-14/h3-4,11-12H,1-2,5-10,14H2. The molecule has 1 aliphatic carbocycles. The van der Waals surface area contributed by atoms with E-state index in [1.165, 1.54) is 0 Å². The smallest absolute Gasteiger partial charge is 0.226 e. The minimum Gasteiger partial charge on any atom is -0.335 e. The Bertz CT molecular complexity index is 253. The van der Waals surface area contributed by atoms with Gasteiger partial charge in [-0.3, -0.25) is 4.79 Å². The van der Waals surface area contributed by atoms with Crippen LogP contribution in [0, 0.1) is 11.8 Å². The average Bonchev–Trinajstić information content (AvgIpc) is 2.75. The van der Waals surface area contributed by atoms with Crippen molar-refractivity contribution in [3.05, 3.63) is 25.3 Å². The summed E-state index contributed by atoms with van der Waals surface area (Å²) in [5.41, 5.74) is 5.70. The molecule has 1 amide bonds. The number of nitrogens with two attached hydrogens (primary N) is 1. The van der Waals surface area contributed by atoms with Crippen LogP contribution in [-0.4, -0.2) is 30.4 Å². The lowest BCUT2D eigenvalue weighted by atomic mass is 9.94. The summed E-state index contributed by atoms with van der Waals surface area (Å²) in [5, 5.41) is 0. The van der Waals surface area contributed by atoms with Crippen molar-refractivity contribution in [3.63, 3.8) is 0 Å². The lowest BCUT2D eigenvalue weighted by Gasteiger charge is -2.26. The van der Waals surface area contributed by atoms with Crippen LogP contribution in [0.3, 0.4) is 0 Å². The second kappa shape index (κ2) is 6.48. The quantitative estimate of drug-likeness (QED) is 0.693. The summed E-state index contributed by atoms with van der Waals surface area (Å²) >= 11 is 0. The van der Waals surface area contributed by atoms with E-state index in [0.29, 0.717) is 25.6 Å². The van der Waals surface area contributed by atoms with Gasteiger partial charge in [-0.05, 0) is 25.3 Å². The molecule has 90 valence electrons. The first-order valence-electron chi connectivity index (χ1n) is 5.95. The van der Waals surface area contributed by atoms with Gasteiger partial charge in [0.25, 0.3) is 0 Å². The van der Waals surface area contributed by atoms with Crippen molar-refractivity contribution in [1.29, 1.82) is 0 Å². The van der Waals surface area contributed by atoms with Gasteiger partial charge in [-0.2, -0.15) is 0 Å². The van der Waals surface area contributed by atoms with Crippen molar-refractivity contribution >= 4 is 5.91 Å². The van der Waals surface area contributed by atoms with Crippen LogP contribution in [0.5, 0.6) is 0 Å². The zero-order chi connectivity index (χ0) is 12.0. The number of hydrogen-bond acceptors (Lipinski definition) is 2. The van der Waals surface area contributed by atoms with E-state index < -0.39 is 0 Å². The third-order valence-corrected chi connectivity index (χ3v) is 3.29. The summed E-state index contributed by atoms with van der Waals surface area (Å²) < 4.78 is 0. The predicted octanol–water partition coefficient (Wildman–Crippen LogP) is 1.56. The van der Waals surface area contributed by atoms with Gasteiger partial charge in [-0.15, -0.1) is 13.2 Å². The van der Waals surface area contributed by atoms with Crippen LogP contribution >= 0.6 is 0 Å². The highest BCUT2D eigenvalue weighted by molar-refractivity contribution is 5.79. The molecule has 0 spiro atoms. The second-order valence-corrected chi connectivity index (χ2v) is 4.35. The Labute approximate surface area is 98.0 Å². The molecule has 0 radical (unpaired) electrons. The largest absolute Gasteiger partial charge is 0.335 e. The Hall–Kier alpha value is -1.09. The first-order chi connectivity index (χ1) is 7.74. The molecule has 16 heavy (non-hydrogen) atoms. The molecule has 0 bridgehead atoms. The molecule has 0 aromatic carbocycles. The van der Waals surface area contributed by atoms with Crippen LogP contribution in [0.25, 0.3) is 0 Å². The minimum absolute atomic E-state index is 0.116. The van der Waals surface area contributed by atoms with Gasteiger partial charge in [0, 0.05) is 19.0 Å². The van der Waals surface area contributed by atoms with Crippen molar-refractivity contribution in [2.75, 3.05) is 19.6 Å². The lowest BCUT2D eigenvalue weighted by molar-refractivity contribution is -0.135. The van der Waals surface area contributed by atoms with Gasteiger partial charge in [0.2, 0.25) is 5.91 Å². The molecule has 2 N–H and O–H groups in total. The highest BCUT2D eigenvalue weighted by Gasteiger charge is 2.33. The zero-order valence-electron chi connectivity index (χ0n) is 9.90. The molecule has 0 aromatic heterocycles. The third-order valence-electron chi connectivity index (χ3n) is 3.29. The van der Waals surface area contributed by atoms with Gasteiger partial charge in [-0.1, -0.05) is 18.6 Å². The fourth-order valence-electron chi connectivity index (χ4n) is 2.44. The summed E-state index contributed by atoms with van der Waals surface area (Å²) in [5.74, 6) is 0.697. The molecule has 0 aliphatic heterocycles. The molecule has 1 aliphatic rings. The van der Waals surface area contributed by atoms with Crippen molar-refractivity contribution in [1.82, 2.24) is 4.90 Å². The Balaban J connectivity index is 2.64. The Morgan fingerprint density at radius 3 is 2.44 bits per heavy atom. The van der Waals surface area contributed by atoms with Crippen LogP contribution in [0.1, 0.15) is 19.3 Å². The predicted molar refractivity (Wildman–Crippen MR) is 66.9 cm³/mol. The Morgan fingerprint density at radius 2 is 1.94 bits per heavy atom. The van der Waals surface area contributed by atoms with E-state index in [4.69, 9.17) is 5.73 Å². The summed E-state index contributed by atoms with van der Waals surface area (Å²) in [4.78, 5) is 14.1. The van der Waals surface area contributed by atoms with Crippen LogP contribution < -0.4 is 5.73 Å². The number of rotatable bonds is 6. The fraction of sp³-hybridized carbons (Fsp3) is 0.615. The molecular formula is C13H22N2O. The maximum atomic E-state index is 12.3. The highest BCUT2D eigenvalue weighted by atomic mass is 16.2. The number of hydrogen-bond donors (Lipinski definition) is 1. The van der Waals surface area contributed by atoms with Gasteiger partial charge in [0.1, 0.15) is 0 Å². The van der Waals surface area contributed by atoms with Crippen molar-refractivity contribution < 1.29 is 4.79 Å². The molecule has 3 heteroatoms. The molecule has 1 fully saturated rings. The van der Waals surface area contributed by atoms with Gasteiger partial charge in [0.05, 0.1) is 0 Å². The van der Waals surface area contributed by atoms with Gasteiger partial charge in [-0.25, -0.2) is 0 Å². The Kier molecular flexibility index (Phi) is 5.26. The second-order valence-electron chi connectivity index (χ2n) is 4.35. The van der Waals surface area contributed by atoms with E-state index in [1.807, 2.05) is 0 Å². The molecular weight excluding hydrogens is 200 g/mol. The summed E-state index contributed by atoms with van der Waals surface area (Å²) in [6.07, 6.45) is 6.70. The van der Waals surface area contributed by atoms with E-state index in [0.717, 1.165) is 19.3 Å². The molecule has 2 atom stereocenters. The van der Waals surface area contributed by atoms with Crippen LogP contribution in [-0.2, 0) is 4.79 Å². The SMILES string of the molecule is C=CCN(CC=C)C(=O)C1CCCC1CN. The van der Waals surface area contributed by atoms with E-state index in [1.54, 1.807) is 17.1 Å². The van der Waals surface area contributed by atoms with Gasteiger partial charge >= 0.3 is 0 Å². The van der Waals surface area contributed by atoms with E-state index in [2.05, 4.69) is 13.2 Å². The average molecular weight is 222 g/mol. The molecule has 3 nitrogen and oxygen atoms in total. The lowest BCUT2D eigenvalue weighted by Crippen LogP contribution is -2.39. The third kappa shape index (κ3) is 2.95. The first kappa shape index (κ1) is 13.0. The maximum Gasteiger partial charge on any atom is 0.226 e. The number of nitrogens with zero attached hydrogens (tertiary/aromatic N) is 1. The topological polar surface area (TPSA) is 46.3 Å². The van der Waals surface area contributed by atoms with Crippen LogP contribution in [0.2, 0.25) is 0 Å². The van der Waals surface area contributed by atoms with Gasteiger partial charge in [0.15, 0.2) is 0 Å². The van der Waals surface area contributed by atoms with Crippen LogP contribution in [0.15, 0.2) is 25.3 Å². The normalized spacial score (nSPS) is 24.1. The van der Waals surface area contributed by atoms with E-state index >= 15 is 0 Å². The molecule has 0 heterocycles. The number of carbonyl (C=O) groups is 1. The first-order valence-corrected chi connectivity index (χ1v) is 5.95. The van der Waals surface area contributed by atoms with Crippen molar-refractivity contribution in [3.8, 4) is 0 Å². The van der Waals surface area contributed by atoms with Gasteiger partial charge < -0.3 is 10.6 Å². The Morgan fingerprint density at radius 1 is 1.31 bits per heavy atom. The molecule has 1 saturated carbocycles. The number of amides is 1. The van der Waals surface area contributed by atoms with E-state index in [-0.39, 0.29) is 11.8 Å². The monoisotopic (exact) mass is 222 g/mol. The molecule has 0 aromatic rings. The number of carbonyl (C=O) groups excluding carboxylic acids is 1. The maximum absolute atomic E-state index is 12.3. The molecule has 2 unspecified atom stereocenters. The summed E-state index contributed by atoms with van der Waals surface area (Å²) in [6, 6.07) is 0. The summed E-state index contributed by atoms with van der Waals surface area (Å²) in [6.45, 7) is 9.17. The molecule has 0 saturated heterocycles. The van der Waals surface area contributed by atoms with Crippen molar-refractivity contribution in [2.45, 2.75) is 19.3 Å². The minimum atomic E-state index is 0.116.